The van der Waals surface area contributed by atoms with Crippen molar-refractivity contribution in [3.63, 3.8) is 0 Å². The molecule has 0 spiro atoms. The highest BCUT2D eigenvalue weighted by atomic mass is 16.5. The van der Waals surface area contributed by atoms with Crippen LogP contribution in [0.2, 0.25) is 0 Å². The highest BCUT2D eigenvalue weighted by Crippen LogP contribution is 2.30. The van der Waals surface area contributed by atoms with Crippen LogP contribution < -0.4 is 20.4 Å². The number of nitrogens with zero attached hydrogens (tertiary/aromatic N) is 10. The van der Waals surface area contributed by atoms with Crippen molar-refractivity contribution < 1.29 is 29.3 Å². The Morgan fingerprint density at radius 3 is 1.40 bits per heavy atom. The normalized spacial score (nSPS) is 20.5. The highest BCUT2D eigenvalue weighted by molar-refractivity contribution is 5.93. The number of ether oxygens (including phenoxy) is 2. The van der Waals surface area contributed by atoms with Gasteiger partial charge in [0.15, 0.2) is 12.2 Å². The zero-order valence-corrected chi connectivity index (χ0v) is 33.7. The van der Waals surface area contributed by atoms with E-state index in [2.05, 4.69) is 42.7 Å². The van der Waals surface area contributed by atoms with E-state index in [-0.39, 0.29) is 37.1 Å². The predicted octanol–water partition coefficient (Wildman–Crippen LogP) is 0.268. The van der Waals surface area contributed by atoms with Crippen LogP contribution in [0.5, 0.6) is 0 Å². The molecule has 0 bridgehead atoms. The molecule has 58 heavy (non-hydrogen) atoms. The number of carbonyl (C=O) groups excluding carboxylic acids is 2. The molecule has 18 nitrogen and oxygen atoms in total. The molecule has 2 aromatic carbocycles. The van der Waals surface area contributed by atoms with Gasteiger partial charge in [-0.05, 0) is 66.3 Å². The van der Waals surface area contributed by atoms with Gasteiger partial charge in [-0.3, -0.25) is 29.5 Å². The van der Waals surface area contributed by atoms with Crippen LogP contribution in [0.25, 0.3) is 22.1 Å². The molecular formula is C40H52N12O6. The lowest BCUT2D eigenvalue weighted by molar-refractivity contribution is -0.138. The number of morpholine rings is 2. The molecule has 6 atom stereocenters. The molecule has 2 saturated heterocycles. The Morgan fingerprint density at radius 2 is 1.05 bits per heavy atom. The standard InChI is InChI=1S/2C20H26N6O3/c2*1-13-10-26(12-17(29-13)20(28)24-9-15(27)11-25(2)3)16-5-4-14(8-21)18-19(16)23-7-6-22-18/h2*4-7,13,15,17,27H,9-12H2,1-3H3,(H,24,28)/t13-,15+,17-;13-,15-,17-/m11/s1. The molecule has 4 heterocycles. The summed E-state index contributed by atoms with van der Waals surface area (Å²) in [6, 6.07) is 11.4. The van der Waals surface area contributed by atoms with Crippen molar-refractivity contribution in [1.82, 2.24) is 40.4 Å². The molecular weight excluding hydrogens is 745 g/mol. The minimum Gasteiger partial charge on any atom is -0.390 e. The Labute approximate surface area is 338 Å². The van der Waals surface area contributed by atoms with Crippen molar-refractivity contribution in [2.75, 3.05) is 90.3 Å². The summed E-state index contributed by atoms with van der Waals surface area (Å²) in [5.74, 6) is -0.521. The lowest BCUT2D eigenvalue weighted by Crippen LogP contribution is -2.54. The largest absolute Gasteiger partial charge is 0.390 e. The number of carbonyl (C=O) groups is 2. The minimum absolute atomic E-state index is 0.163. The molecule has 0 radical (unpaired) electrons. The number of aromatic nitrogens is 4. The average Bonchev–Trinajstić information content (AvgIpc) is 3.20. The molecule has 18 heteroatoms. The van der Waals surface area contributed by atoms with Gasteiger partial charge in [0, 0.05) is 64.1 Å². The molecule has 0 saturated carbocycles. The number of rotatable bonds is 12. The number of benzene rings is 2. The highest BCUT2D eigenvalue weighted by Gasteiger charge is 2.33. The molecule has 2 aromatic heterocycles. The second-order valence-corrected chi connectivity index (χ2v) is 15.0. The van der Waals surface area contributed by atoms with Crippen LogP contribution in [-0.2, 0) is 19.1 Å². The fraction of sp³-hybridized carbons (Fsp3) is 0.500. The molecule has 0 aliphatic carbocycles. The number of nitrogens with one attached hydrogen (secondary N) is 2. The number of anilines is 2. The van der Waals surface area contributed by atoms with Crippen molar-refractivity contribution >= 4 is 45.3 Å². The van der Waals surface area contributed by atoms with Gasteiger partial charge in [-0.25, -0.2) is 0 Å². The van der Waals surface area contributed by atoms with E-state index in [0.29, 0.717) is 72.5 Å². The Bertz CT molecular complexity index is 1970. The maximum Gasteiger partial charge on any atom is 0.251 e. The summed E-state index contributed by atoms with van der Waals surface area (Å²) >= 11 is 0. The van der Waals surface area contributed by atoms with E-state index in [1.807, 2.05) is 73.8 Å². The summed E-state index contributed by atoms with van der Waals surface area (Å²) in [6.45, 7) is 6.93. The first-order valence-electron chi connectivity index (χ1n) is 19.1. The van der Waals surface area contributed by atoms with Gasteiger partial charge in [0.25, 0.3) is 11.8 Å². The van der Waals surface area contributed by atoms with Gasteiger partial charge in [-0.1, -0.05) is 0 Å². The first-order valence-corrected chi connectivity index (χ1v) is 19.1. The third-order valence-corrected chi connectivity index (χ3v) is 9.41. The van der Waals surface area contributed by atoms with Crippen LogP contribution in [0.15, 0.2) is 49.1 Å². The van der Waals surface area contributed by atoms with Crippen LogP contribution in [0.4, 0.5) is 11.4 Å². The van der Waals surface area contributed by atoms with Crippen LogP contribution >= 0.6 is 0 Å². The number of likely N-dealkylation sites (N-methyl/N-ethyl adjacent to an activating group) is 2. The molecule has 4 N–H and O–H groups in total. The number of hydrogen-bond acceptors (Lipinski definition) is 16. The van der Waals surface area contributed by atoms with E-state index >= 15 is 0 Å². The van der Waals surface area contributed by atoms with Crippen molar-refractivity contribution in [2.45, 2.75) is 50.5 Å². The first-order chi connectivity index (χ1) is 27.8. The summed E-state index contributed by atoms with van der Waals surface area (Å²) in [6.07, 6.45) is 3.31. The smallest absolute Gasteiger partial charge is 0.251 e. The van der Waals surface area contributed by atoms with E-state index in [4.69, 9.17) is 9.47 Å². The van der Waals surface area contributed by atoms with Crippen LogP contribution in [0.3, 0.4) is 0 Å². The first kappa shape index (κ1) is 43.5. The summed E-state index contributed by atoms with van der Waals surface area (Å²) in [5.41, 5.74) is 4.88. The van der Waals surface area contributed by atoms with E-state index < -0.39 is 24.4 Å². The second kappa shape index (κ2) is 20.2. The average molecular weight is 797 g/mol. The van der Waals surface area contributed by atoms with Crippen LogP contribution in [0, 0.1) is 22.7 Å². The molecule has 0 unspecified atom stereocenters. The van der Waals surface area contributed by atoms with E-state index in [9.17, 15) is 30.3 Å². The van der Waals surface area contributed by atoms with Crippen molar-refractivity contribution in [1.29, 1.82) is 10.5 Å². The monoisotopic (exact) mass is 796 g/mol. The van der Waals surface area contributed by atoms with Gasteiger partial charge >= 0.3 is 0 Å². The summed E-state index contributed by atoms with van der Waals surface area (Å²) in [4.78, 5) is 50.4. The van der Waals surface area contributed by atoms with Gasteiger partial charge in [0.1, 0.15) is 34.2 Å². The summed E-state index contributed by atoms with van der Waals surface area (Å²) < 4.78 is 11.7. The number of aliphatic hydroxyl groups is 2. The number of amides is 2. The van der Waals surface area contributed by atoms with E-state index in [1.165, 1.54) is 0 Å². The van der Waals surface area contributed by atoms with Gasteiger partial charge in [-0.2, -0.15) is 10.5 Å². The number of aliphatic hydroxyl groups excluding tert-OH is 2. The maximum absolute atomic E-state index is 12.6. The number of nitriles is 2. The Kier molecular flexibility index (Phi) is 15.2. The minimum atomic E-state index is -0.673. The Hall–Kier alpha value is -5.60. The van der Waals surface area contributed by atoms with Gasteiger partial charge in [-0.15, -0.1) is 0 Å². The zero-order valence-electron chi connectivity index (χ0n) is 33.7. The maximum atomic E-state index is 12.6. The summed E-state index contributed by atoms with van der Waals surface area (Å²) in [5, 5.41) is 44.1. The molecule has 308 valence electrons. The van der Waals surface area contributed by atoms with Crippen LogP contribution in [0.1, 0.15) is 25.0 Å². The second-order valence-electron chi connectivity index (χ2n) is 15.0. The van der Waals surface area contributed by atoms with Gasteiger partial charge < -0.3 is 49.9 Å². The molecule has 2 aliphatic heterocycles. The van der Waals surface area contributed by atoms with Gasteiger partial charge in [0.05, 0.1) is 60.0 Å². The SMILES string of the molecule is C[C@@H]1CN(c2ccc(C#N)c3nccnc23)C[C@H](C(=O)NC[C@@H](O)CN(C)C)O1.C[C@@H]1CN(c2ccc(C#N)c3nccnc23)C[C@H](C(=O)NC[C@H](O)CN(C)C)O1. The fourth-order valence-corrected chi connectivity index (χ4v) is 7.00. The third-order valence-electron chi connectivity index (χ3n) is 9.41. The van der Waals surface area contributed by atoms with Gasteiger partial charge in [0.2, 0.25) is 0 Å². The fourth-order valence-electron chi connectivity index (χ4n) is 7.00. The van der Waals surface area contributed by atoms with E-state index in [0.717, 1.165) is 11.4 Å². The Morgan fingerprint density at radius 1 is 0.690 bits per heavy atom. The van der Waals surface area contributed by atoms with Crippen molar-refractivity contribution in [3.05, 3.63) is 60.2 Å². The van der Waals surface area contributed by atoms with Crippen molar-refractivity contribution in [2.24, 2.45) is 0 Å². The molecule has 2 aliphatic rings. The molecule has 2 amide bonds. The number of hydrogen-bond donors (Lipinski definition) is 4. The molecule has 2 fully saturated rings. The zero-order chi connectivity index (χ0) is 41.9. The van der Waals surface area contributed by atoms with E-state index in [1.54, 1.807) is 36.9 Å². The number of fused-ring (bicyclic) bond motifs is 2. The van der Waals surface area contributed by atoms with Crippen LogP contribution in [-0.4, -0.2) is 169 Å². The lowest BCUT2D eigenvalue weighted by atomic mass is 10.1. The Balaban J connectivity index is 0.000000221. The molecule has 4 aromatic rings. The molecule has 6 rings (SSSR count). The summed E-state index contributed by atoms with van der Waals surface area (Å²) in [7, 11) is 7.44. The predicted molar refractivity (Wildman–Crippen MR) is 217 cm³/mol. The topological polar surface area (TPSA) is 229 Å². The lowest BCUT2D eigenvalue weighted by Gasteiger charge is -2.37. The third kappa shape index (κ3) is 11.3. The van der Waals surface area contributed by atoms with Crippen molar-refractivity contribution in [3.8, 4) is 12.1 Å². The quantitative estimate of drug-likeness (QED) is 0.151.